The third-order valence-electron chi connectivity index (χ3n) is 5.41. The number of non-ortho nitro benzene ring substituents is 1. The molecule has 0 unspecified atom stereocenters. The van der Waals surface area contributed by atoms with Crippen molar-refractivity contribution in [3.63, 3.8) is 0 Å². The molecule has 4 rings (SSSR count). The molecule has 3 aromatic carbocycles. The fraction of sp³-hybridized carbons (Fsp3) is 0.174. The number of nitro groups is 1. The van der Waals surface area contributed by atoms with Gasteiger partial charge >= 0.3 is 0 Å². The maximum Gasteiger partial charge on any atom is 0.271 e. The molecule has 0 aliphatic carbocycles. The van der Waals surface area contributed by atoms with Crippen molar-refractivity contribution in [3.05, 3.63) is 94.5 Å². The van der Waals surface area contributed by atoms with Crippen LogP contribution in [0.15, 0.2) is 83.8 Å². The summed E-state index contributed by atoms with van der Waals surface area (Å²) >= 11 is 0. The van der Waals surface area contributed by atoms with E-state index in [9.17, 15) is 23.3 Å². The van der Waals surface area contributed by atoms with Crippen LogP contribution in [-0.4, -0.2) is 50.3 Å². The third kappa shape index (κ3) is 5.12. The van der Waals surface area contributed by atoms with E-state index >= 15 is 0 Å². The number of carbonyl (C=O) groups excluding carboxylic acids is 1. The molecule has 0 bridgehead atoms. The molecule has 0 saturated carbocycles. The summed E-state index contributed by atoms with van der Waals surface area (Å²) in [6.07, 6.45) is 0. The van der Waals surface area contributed by atoms with Crippen LogP contribution in [0.1, 0.15) is 10.4 Å². The minimum atomic E-state index is -3.70. The Balaban J connectivity index is 1.37. The highest BCUT2D eigenvalue weighted by Gasteiger charge is 2.23. The molecule has 1 fully saturated rings. The van der Waals surface area contributed by atoms with Gasteiger partial charge in [-0.1, -0.05) is 24.3 Å². The van der Waals surface area contributed by atoms with Gasteiger partial charge in [-0.3, -0.25) is 19.6 Å². The average Bonchev–Trinajstić information content (AvgIpc) is 2.84. The fourth-order valence-corrected chi connectivity index (χ4v) is 4.73. The van der Waals surface area contributed by atoms with E-state index in [-0.39, 0.29) is 16.5 Å². The summed E-state index contributed by atoms with van der Waals surface area (Å²) in [5.41, 5.74) is 1.62. The lowest BCUT2D eigenvalue weighted by Gasteiger charge is -2.36. The van der Waals surface area contributed by atoms with Crippen LogP contribution in [0.5, 0.6) is 0 Å². The van der Waals surface area contributed by atoms with Crippen LogP contribution in [-0.2, 0) is 10.0 Å². The highest BCUT2D eigenvalue weighted by molar-refractivity contribution is 7.92. The molecule has 0 radical (unpaired) electrons. The molecular weight excluding hydrogens is 444 g/mol. The zero-order valence-corrected chi connectivity index (χ0v) is 18.4. The smallest absolute Gasteiger partial charge is 0.271 e. The Labute approximate surface area is 191 Å². The van der Waals surface area contributed by atoms with Crippen LogP contribution in [0.2, 0.25) is 0 Å². The lowest BCUT2D eigenvalue weighted by molar-refractivity contribution is -0.384. The molecule has 3 aromatic rings. The Bertz CT molecular complexity index is 1260. The van der Waals surface area contributed by atoms with E-state index in [1.807, 2.05) is 11.0 Å². The van der Waals surface area contributed by atoms with Gasteiger partial charge in [0.05, 0.1) is 9.82 Å². The molecule has 1 saturated heterocycles. The molecule has 9 nitrogen and oxygen atoms in total. The second-order valence-electron chi connectivity index (χ2n) is 7.55. The molecule has 33 heavy (non-hydrogen) atoms. The van der Waals surface area contributed by atoms with E-state index in [0.717, 1.165) is 5.69 Å². The predicted octanol–water partition coefficient (Wildman–Crippen LogP) is 3.36. The number of nitro benzene ring substituents is 1. The van der Waals surface area contributed by atoms with E-state index in [1.165, 1.54) is 24.3 Å². The minimum Gasteiger partial charge on any atom is -0.368 e. The molecule has 0 atom stereocenters. The van der Waals surface area contributed by atoms with Gasteiger partial charge in [0.1, 0.15) is 0 Å². The van der Waals surface area contributed by atoms with Gasteiger partial charge in [-0.15, -0.1) is 0 Å². The number of sulfonamides is 1. The third-order valence-corrected chi connectivity index (χ3v) is 6.81. The maximum atomic E-state index is 12.9. The van der Waals surface area contributed by atoms with Crippen LogP contribution in [0, 0.1) is 10.1 Å². The van der Waals surface area contributed by atoms with Crippen molar-refractivity contribution < 1.29 is 18.1 Å². The molecule has 1 heterocycles. The highest BCUT2D eigenvalue weighted by Crippen LogP contribution is 2.23. The van der Waals surface area contributed by atoms with Crippen LogP contribution in [0.25, 0.3) is 0 Å². The number of benzene rings is 3. The van der Waals surface area contributed by atoms with Crippen LogP contribution >= 0.6 is 0 Å². The van der Waals surface area contributed by atoms with Gasteiger partial charge in [-0.25, -0.2) is 8.42 Å². The van der Waals surface area contributed by atoms with Gasteiger partial charge in [0, 0.05) is 55.2 Å². The lowest BCUT2D eigenvalue weighted by Crippen LogP contribution is -2.48. The Morgan fingerprint density at radius 3 is 2.18 bits per heavy atom. The number of nitrogens with one attached hydrogen (secondary N) is 1. The number of hydrogen-bond acceptors (Lipinski definition) is 6. The van der Waals surface area contributed by atoms with E-state index in [0.29, 0.717) is 37.4 Å². The van der Waals surface area contributed by atoms with E-state index < -0.39 is 14.9 Å². The summed E-state index contributed by atoms with van der Waals surface area (Å²) in [7, 11) is -3.70. The first kappa shape index (κ1) is 22.3. The number of hydrogen-bond donors (Lipinski definition) is 1. The largest absolute Gasteiger partial charge is 0.368 e. The van der Waals surface area contributed by atoms with Gasteiger partial charge < -0.3 is 9.80 Å². The molecular formula is C23H22N4O5S. The van der Waals surface area contributed by atoms with Crippen molar-refractivity contribution in [2.45, 2.75) is 4.90 Å². The maximum absolute atomic E-state index is 12.9. The summed E-state index contributed by atoms with van der Waals surface area (Å²) in [4.78, 5) is 27.4. The van der Waals surface area contributed by atoms with E-state index in [2.05, 4.69) is 4.72 Å². The van der Waals surface area contributed by atoms with Gasteiger partial charge in [-0.05, 0) is 42.5 Å². The fourth-order valence-electron chi connectivity index (χ4n) is 3.65. The SMILES string of the molecule is O=C(c1ccc(NS(=O)(=O)c2ccccc2)cc1)N1CCN(c2cccc([N+](=O)[O-])c2)CC1. The average molecular weight is 467 g/mol. The number of rotatable bonds is 6. The van der Waals surface area contributed by atoms with Gasteiger partial charge in [0.25, 0.3) is 21.6 Å². The highest BCUT2D eigenvalue weighted by atomic mass is 32.2. The summed E-state index contributed by atoms with van der Waals surface area (Å²) in [5.74, 6) is -0.147. The number of amides is 1. The normalized spacial score (nSPS) is 14.1. The topological polar surface area (TPSA) is 113 Å². The van der Waals surface area contributed by atoms with Gasteiger partial charge in [0.15, 0.2) is 0 Å². The first-order valence-electron chi connectivity index (χ1n) is 10.3. The Kier molecular flexibility index (Phi) is 6.27. The lowest BCUT2D eigenvalue weighted by atomic mass is 10.1. The van der Waals surface area contributed by atoms with Crippen LogP contribution in [0.4, 0.5) is 17.1 Å². The first-order valence-corrected chi connectivity index (χ1v) is 11.8. The number of carbonyl (C=O) groups is 1. The molecule has 1 N–H and O–H groups in total. The van der Waals surface area contributed by atoms with E-state index in [4.69, 9.17) is 0 Å². The van der Waals surface area contributed by atoms with Crippen LogP contribution < -0.4 is 9.62 Å². The van der Waals surface area contributed by atoms with Crippen molar-refractivity contribution in [3.8, 4) is 0 Å². The Hall–Kier alpha value is -3.92. The van der Waals surface area contributed by atoms with Crippen molar-refractivity contribution in [2.75, 3.05) is 35.8 Å². The van der Waals surface area contributed by atoms with Crippen molar-refractivity contribution in [1.29, 1.82) is 0 Å². The summed E-state index contributed by atoms with van der Waals surface area (Å²) < 4.78 is 27.4. The number of anilines is 2. The van der Waals surface area contributed by atoms with Crippen molar-refractivity contribution in [1.82, 2.24) is 4.90 Å². The molecule has 0 spiro atoms. The number of nitrogens with zero attached hydrogens (tertiary/aromatic N) is 3. The molecule has 1 aliphatic rings. The Morgan fingerprint density at radius 2 is 1.55 bits per heavy atom. The predicted molar refractivity (Wildman–Crippen MR) is 125 cm³/mol. The van der Waals surface area contributed by atoms with Crippen molar-refractivity contribution >= 4 is 33.0 Å². The summed E-state index contributed by atoms with van der Waals surface area (Å²) in [6.45, 7) is 2.07. The molecule has 1 aliphatic heterocycles. The summed E-state index contributed by atoms with van der Waals surface area (Å²) in [6, 6.07) is 20.8. The zero-order valence-electron chi connectivity index (χ0n) is 17.6. The monoisotopic (exact) mass is 466 g/mol. The van der Waals surface area contributed by atoms with Gasteiger partial charge in [-0.2, -0.15) is 0 Å². The molecule has 10 heteroatoms. The van der Waals surface area contributed by atoms with Crippen molar-refractivity contribution in [2.24, 2.45) is 0 Å². The van der Waals surface area contributed by atoms with E-state index in [1.54, 1.807) is 53.4 Å². The second-order valence-corrected chi connectivity index (χ2v) is 9.23. The Morgan fingerprint density at radius 1 is 0.879 bits per heavy atom. The quantitative estimate of drug-likeness (QED) is 0.440. The molecule has 1 amide bonds. The second kappa shape index (κ2) is 9.29. The summed E-state index contributed by atoms with van der Waals surface area (Å²) in [5, 5.41) is 11.0. The first-order chi connectivity index (χ1) is 15.8. The minimum absolute atomic E-state index is 0.0361. The van der Waals surface area contributed by atoms with Gasteiger partial charge in [0.2, 0.25) is 0 Å². The number of piperazine rings is 1. The standard InChI is InChI=1S/C23H22N4O5S/c28-23(26-15-13-25(14-16-26)20-5-4-6-21(17-20)27(29)30)18-9-11-19(12-10-18)24-33(31,32)22-7-2-1-3-8-22/h1-12,17,24H,13-16H2. The van der Waals surface area contributed by atoms with Crippen LogP contribution in [0.3, 0.4) is 0 Å². The molecule has 0 aromatic heterocycles. The molecule has 170 valence electrons. The zero-order chi connectivity index (χ0) is 23.4.